The summed E-state index contributed by atoms with van der Waals surface area (Å²) in [6.45, 7) is 3.34. The smallest absolute Gasteiger partial charge is 0.241 e. The number of rotatable bonds is 3. The summed E-state index contributed by atoms with van der Waals surface area (Å²) < 4.78 is 23.0. The molecule has 3 rings (SSSR count). The summed E-state index contributed by atoms with van der Waals surface area (Å²) in [6.07, 6.45) is 2.95. The lowest BCUT2D eigenvalue weighted by molar-refractivity contribution is -0.120. The molecule has 0 bridgehead atoms. The van der Waals surface area contributed by atoms with Crippen molar-refractivity contribution in [3.05, 3.63) is 29.8 Å². The molecule has 1 amide bonds. The van der Waals surface area contributed by atoms with Gasteiger partial charge in [0.05, 0.1) is 18.1 Å². The van der Waals surface area contributed by atoms with Crippen LogP contribution in [0.2, 0.25) is 0 Å². The lowest BCUT2D eigenvalue weighted by Crippen LogP contribution is -2.50. The highest BCUT2D eigenvalue weighted by molar-refractivity contribution is 7.91. The molecule has 23 heavy (non-hydrogen) atoms. The quantitative estimate of drug-likeness (QED) is 0.839. The molecule has 1 saturated heterocycles. The van der Waals surface area contributed by atoms with E-state index in [-0.39, 0.29) is 23.5 Å². The lowest BCUT2D eigenvalue weighted by atomic mass is 9.94. The van der Waals surface area contributed by atoms with E-state index >= 15 is 0 Å². The summed E-state index contributed by atoms with van der Waals surface area (Å²) in [7, 11) is -2.91. The standard InChI is InChI=1S/C17H24N2O3S/c1-2-15-8-7-14-5-3-4-6-16(14)19(15)17(20)13-18-9-11-23(21,22)12-10-18/h3-6,15H,2,7-13H2,1H3. The molecule has 0 spiro atoms. The van der Waals surface area contributed by atoms with E-state index in [4.69, 9.17) is 0 Å². The fourth-order valence-electron chi connectivity index (χ4n) is 3.51. The zero-order valence-electron chi connectivity index (χ0n) is 13.6. The van der Waals surface area contributed by atoms with Crippen molar-refractivity contribution in [3.8, 4) is 0 Å². The van der Waals surface area contributed by atoms with Crippen molar-refractivity contribution in [2.24, 2.45) is 0 Å². The Morgan fingerprint density at radius 2 is 1.91 bits per heavy atom. The zero-order chi connectivity index (χ0) is 16.4. The van der Waals surface area contributed by atoms with Crippen LogP contribution in [0.1, 0.15) is 25.3 Å². The highest BCUT2D eigenvalue weighted by Crippen LogP contribution is 2.32. The molecule has 2 aliphatic rings. The summed E-state index contributed by atoms with van der Waals surface area (Å²) in [4.78, 5) is 16.8. The predicted molar refractivity (Wildman–Crippen MR) is 91.4 cm³/mol. The number of anilines is 1. The van der Waals surface area contributed by atoms with Crippen LogP contribution in [0.25, 0.3) is 0 Å². The van der Waals surface area contributed by atoms with Gasteiger partial charge < -0.3 is 4.90 Å². The van der Waals surface area contributed by atoms with E-state index < -0.39 is 9.84 Å². The Bertz CT molecular complexity index is 673. The second-order valence-corrected chi connectivity index (χ2v) is 8.72. The van der Waals surface area contributed by atoms with Crippen molar-refractivity contribution in [2.45, 2.75) is 32.2 Å². The number of carbonyl (C=O) groups excluding carboxylic acids is 1. The molecule has 1 fully saturated rings. The fraction of sp³-hybridized carbons (Fsp3) is 0.588. The molecule has 126 valence electrons. The highest BCUT2D eigenvalue weighted by atomic mass is 32.2. The minimum absolute atomic E-state index is 0.0864. The Balaban J connectivity index is 1.75. The van der Waals surface area contributed by atoms with Crippen LogP contribution < -0.4 is 4.90 Å². The maximum Gasteiger partial charge on any atom is 0.241 e. The monoisotopic (exact) mass is 336 g/mol. The lowest BCUT2D eigenvalue weighted by Gasteiger charge is -2.38. The highest BCUT2D eigenvalue weighted by Gasteiger charge is 2.31. The first-order valence-electron chi connectivity index (χ1n) is 8.33. The number of hydrogen-bond donors (Lipinski definition) is 0. The molecule has 6 heteroatoms. The Hall–Kier alpha value is -1.40. The molecular formula is C17H24N2O3S. The van der Waals surface area contributed by atoms with Crippen molar-refractivity contribution in [3.63, 3.8) is 0 Å². The van der Waals surface area contributed by atoms with Gasteiger partial charge in [0.2, 0.25) is 5.91 Å². The molecule has 1 atom stereocenters. The molecule has 2 heterocycles. The largest absolute Gasteiger partial charge is 0.308 e. The van der Waals surface area contributed by atoms with E-state index in [1.54, 1.807) is 0 Å². The third kappa shape index (κ3) is 3.58. The fourth-order valence-corrected chi connectivity index (χ4v) is 4.78. The van der Waals surface area contributed by atoms with Crippen LogP contribution in [-0.4, -0.2) is 56.4 Å². The molecule has 1 aromatic rings. The van der Waals surface area contributed by atoms with Gasteiger partial charge in [-0.2, -0.15) is 0 Å². The van der Waals surface area contributed by atoms with Crippen LogP contribution >= 0.6 is 0 Å². The van der Waals surface area contributed by atoms with Crippen LogP contribution in [-0.2, 0) is 21.1 Å². The van der Waals surface area contributed by atoms with Gasteiger partial charge in [-0.3, -0.25) is 9.69 Å². The van der Waals surface area contributed by atoms with Gasteiger partial charge >= 0.3 is 0 Å². The molecule has 0 radical (unpaired) electrons. The van der Waals surface area contributed by atoms with Crippen LogP contribution in [0.15, 0.2) is 24.3 Å². The molecule has 1 unspecified atom stereocenters. The van der Waals surface area contributed by atoms with Gasteiger partial charge in [0.1, 0.15) is 0 Å². The number of hydrogen-bond acceptors (Lipinski definition) is 4. The van der Waals surface area contributed by atoms with Crippen molar-refractivity contribution in [1.82, 2.24) is 4.90 Å². The Labute approximate surface area is 138 Å². The van der Waals surface area contributed by atoms with Crippen LogP contribution in [0.5, 0.6) is 0 Å². The van der Waals surface area contributed by atoms with Crippen LogP contribution in [0, 0.1) is 0 Å². The third-order valence-corrected chi connectivity index (χ3v) is 6.51. The van der Waals surface area contributed by atoms with Crippen molar-refractivity contribution < 1.29 is 13.2 Å². The first-order chi connectivity index (χ1) is 11.0. The number of fused-ring (bicyclic) bond motifs is 1. The molecule has 2 aliphatic heterocycles. The number of benzene rings is 1. The van der Waals surface area contributed by atoms with E-state index in [0.29, 0.717) is 19.6 Å². The molecule has 0 N–H and O–H groups in total. The Kier molecular flexibility index (Phi) is 4.73. The SMILES string of the molecule is CCC1CCc2ccccc2N1C(=O)CN1CCS(=O)(=O)CC1. The number of carbonyl (C=O) groups is 1. The Morgan fingerprint density at radius 1 is 1.22 bits per heavy atom. The zero-order valence-corrected chi connectivity index (χ0v) is 14.4. The molecular weight excluding hydrogens is 312 g/mol. The van der Waals surface area contributed by atoms with Gasteiger partial charge in [0.15, 0.2) is 9.84 Å². The summed E-state index contributed by atoms with van der Waals surface area (Å²) >= 11 is 0. The number of aryl methyl sites for hydroxylation is 1. The molecule has 5 nitrogen and oxygen atoms in total. The van der Waals surface area contributed by atoms with Gasteiger partial charge in [0.25, 0.3) is 0 Å². The number of para-hydroxylation sites is 1. The van der Waals surface area contributed by atoms with Gasteiger partial charge in [-0.1, -0.05) is 25.1 Å². The summed E-state index contributed by atoms with van der Waals surface area (Å²) in [6, 6.07) is 8.35. The number of sulfone groups is 1. The van der Waals surface area contributed by atoms with E-state index in [1.165, 1.54) is 5.56 Å². The predicted octanol–water partition coefficient (Wildman–Crippen LogP) is 1.47. The van der Waals surface area contributed by atoms with E-state index in [9.17, 15) is 13.2 Å². The van der Waals surface area contributed by atoms with Crippen molar-refractivity contribution in [2.75, 3.05) is 36.0 Å². The normalized spacial score (nSPS) is 24.2. The maximum absolute atomic E-state index is 12.9. The van der Waals surface area contributed by atoms with Gasteiger partial charge in [-0.25, -0.2) is 8.42 Å². The summed E-state index contributed by atoms with van der Waals surface area (Å²) in [5, 5.41) is 0. The average molecular weight is 336 g/mol. The number of nitrogens with zero attached hydrogens (tertiary/aromatic N) is 2. The summed E-state index contributed by atoms with van der Waals surface area (Å²) in [5.41, 5.74) is 2.26. The third-order valence-electron chi connectivity index (χ3n) is 4.90. The Morgan fingerprint density at radius 3 is 2.61 bits per heavy atom. The van der Waals surface area contributed by atoms with Gasteiger partial charge in [-0.05, 0) is 30.9 Å². The molecule has 1 aromatic carbocycles. The maximum atomic E-state index is 12.9. The van der Waals surface area contributed by atoms with Crippen LogP contribution in [0.4, 0.5) is 5.69 Å². The molecule has 0 saturated carbocycles. The van der Waals surface area contributed by atoms with E-state index in [0.717, 1.165) is 24.9 Å². The molecule has 0 aromatic heterocycles. The second-order valence-electron chi connectivity index (χ2n) is 6.42. The average Bonchev–Trinajstić information content (AvgIpc) is 2.55. The minimum Gasteiger partial charge on any atom is -0.308 e. The van der Waals surface area contributed by atoms with E-state index in [2.05, 4.69) is 13.0 Å². The van der Waals surface area contributed by atoms with Gasteiger partial charge in [0, 0.05) is 24.8 Å². The minimum atomic E-state index is -2.91. The second kappa shape index (κ2) is 6.61. The topological polar surface area (TPSA) is 57.7 Å². The van der Waals surface area contributed by atoms with Crippen molar-refractivity contribution in [1.29, 1.82) is 0 Å². The van der Waals surface area contributed by atoms with E-state index in [1.807, 2.05) is 28.0 Å². The first kappa shape index (κ1) is 16.5. The van der Waals surface area contributed by atoms with Crippen molar-refractivity contribution >= 4 is 21.4 Å². The first-order valence-corrected chi connectivity index (χ1v) is 10.1. The summed E-state index contributed by atoms with van der Waals surface area (Å²) in [5.74, 6) is 0.408. The van der Waals surface area contributed by atoms with Gasteiger partial charge in [-0.15, -0.1) is 0 Å². The molecule has 0 aliphatic carbocycles. The number of amides is 1. The van der Waals surface area contributed by atoms with Crippen LogP contribution in [0.3, 0.4) is 0 Å².